The van der Waals surface area contributed by atoms with Crippen molar-refractivity contribution in [3.8, 4) is 0 Å². The van der Waals surface area contributed by atoms with Crippen LogP contribution < -0.4 is 16.0 Å². The van der Waals surface area contributed by atoms with Gasteiger partial charge in [-0.2, -0.15) is 0 Å². The SMILES string of the molecule is CCCCN=C(NCC)NCCNC(=O)c1ccco1.I. The fourth-order valence-electron chi connectivity index (χ4n) is 1.54. The van der Waals surface area contributed by atoms with E-state index in [9.17, 15) is 4.79 Å². The summed E-state index contributed by atoms with van der Waals surface area (Å²) in [5.74, 6) is 0.909. The third-order valence-electron chi connectivity index (χ3n) is 2.57. The molecule has 0 saturated carbocycles. The van der Waals surface area contributed by atoms with Gasteiger partial charge in [-0.05, 0) is 25.5 Å². The Morgan fingerprint density at radius 2 is 2.00 bits per heavy atom. The molecular weight excluding hydrogens is 383 g/mol. The van der Waals surface area contributed by atoms with E-state index < -0.39 is 0 Å². The average molecular weight is 408 g/mol. The summed E-state index contributed by atoms with van der Waals surface area (Å²) in [6.07, 6.45) is 3.69. The van der Waals surface area contributed by atoms with Gasteiger partial charge in [0, 0.05) is 26.2 Å². The highest BCUT2D eigenvalue weighted by Gasteiger charge is 2.06. The van der Waals surface area contributed by atoms with Crippen molar-refractivity contribution in [2.24, 2.45) is 4.99 Å². The van der Waals surface area contributed by atoms with Crippen molar-refractivity contribution in [1.29, 1.82) is 0 Å². The molecule has 21 heavy (non-hydrogen) atoms. The minimum Gasteiger partial charge on any atom is -0.459 e. The summed E-state index contributed by atoms with van der Waals surface area (Å²) in [6, 6.07) is 3.33. The van der Waals surface area contributed by atoms with E-state index in [0.717, 1.165) is 31.9 Å². The van der Waals surface area contributed by atoms with Crippen LogP contribution in [0.5, 0.6) is 0 Å². The Morgan fingerprint density at radius 3 is 2.62 bits per heavy atom. The summed E-state index contributed by atoms with van der Waals surface area (Å²) in [7, 11) is 0. The zero-order valence-electron chi connectivity index (χ0n) is 12.6. The standard InChI is InChI=1S/C14H24N4O2.HI/c1-3-5-8-17-14(15-4-2)18-10-9-16-13(19)12-7-6-11-20-12;/h6-7,11H,3-5,8-10H2,1-2H3,(H,16,19)(H2,15,17,18);1H. The highest BCUT2D eigenvalue weighted by molar-refractivity contribution is 14.0. The fraction of sp³-hybridized carbons (Fsp3) is 0.571. The number of nitrogens with one attached hydrogen (secondary N) is 3. The summed E-state index contributed by atoms with van der Waals surface area (Å²) in [4.78, 5) is 16.0. The smallest absolute Gasteiger partial charge is 0.287 e. The first kappa shape index (κ1) is 19.8. The lowest BCUT2D eigenvalue weighted by molar-refractivity contribution is 0.0926. The lowest BCUT2D eigenvalue weighted by Crippen LogP contribution is -2.41. The second-order valence-electron chi connectivity index (χ2n) is 4.27. The predicted molar refractivity (Wildman–Crippen MR) is 95.3 cm³/mol. The third-order valence-corrected chi connectivity index (χ3v) is 2.57. The molecule has 3 N–H and O–H groups in total. The number of rotatable bonds is 8. The molecule has 0 bridgehead atoms. The number of carbonyl (C=O) groups is 1. The van der Waals surface area contributed by atoms with Crippen molar-refractivity contribution in [3.05, 3.63) is 24.2 Å². The molecule has 0 unspecified atom stereocenters. The van der Waals surface area contributed by atoms with E-state index in [-0.39, 0.29) is 29.9 Å². The minimum absolute atomic E-state index is 0. The van der Waals surface area contributed by atoms with Gasteiger partial charge in [0.15, 0.2) is 11.7 Å². The normalized spacial score (nSPS) is 10.7. The Labute approximate surface area is 143 Å². The van der Waals surface area contributed by atoms with Gasteiger partial charge in [0.25, 0.3) is 5.91 Å². The highest BCUT2D eigenvalue weighted by atomic mass is 127. The van der Waals surface area contributed by atoms with Crippen LogP contribution in [0.25, 0.3) is 0 Å². The molecule has 7 heteroatoms. The molecule has 1 rings (SSSR count). The van der Waals surface area contributed by atoms with E-state index in [1.807, 2.05) is 6.92 Å². The largest absolute Gasteiger partial charge is 0.459 e. The predicted octanol–water partition coefficient (Wildman–Crippen LogP) is 1.98. The van der Waals surface area contributed by atoms with Gasteiger partial charge in [-0.15, -0.1) is 24.0 Å². The van der Waals surface area contributed by atoms with Crippen LogP contribution in [0.15, 0.2) is 27.8 Å². The first-order valence-corrected chi connectivity index (χ1v) is 7.11. The molecule has 0 fully saturated rings. The van der Waals surface area contributed by atoms with E-state index in [0.29, 0.717) is 18.8 Å². The molecule has 1 amide bonds. The van der Waals surface area contributed by atoms with E-state index >= 15 is 0 Å². The van der Waals surface area contributed by atoms with Gasteiger partial charge in [0.1, 0.15) is 0 Å². The topological polar surface area (TPSA) is 78.7 Å². The van der Waals surface area contributed by atoms with E-state index in [4.69, 9.17) is 4.42 Å². The second-order valence-corrected chi connectivity index (χ2v) is 4.27. The fourth-order valence-corrected chi connectivity index (χ4v) is 1.54. The maximum atomic E-state index is 11.6. The van der Waals surface area contributed by atoms with Gasteiger partial charge in [-0.3, -0.25) is 9.79 Å². The first-order valence-electron chi connectivity index (χ1n) is 7.11. The van der Waals surface area contributed by atoms with E-state index in [2.05, 4.69) is 27.9 Å². The van der Waals surface area contributed by atoms with Crippen molar-refractivity contribution < 1.29 is 9.21 Å². The first-order chi connectivity index (χ1) is 9.77. The van der Waals surface area contributed by atoms with Crippen LogP contribution in [0.1, 0.15) is 37.2 Å². The number of aliphatic imine (C=N–C) groups is 1. The molecule has 0 aliphatic carbocycles. The van der Waals surface area contributed by atoms with Crippen molar-refractivity contribution in [2.45, 2.75) is 26.7 Å². The lowest BCUT2D eigenvalue weighted by atomic mass is 10.3. The number of nitrogens with zero attached hydrogens (tertiary/aromatic N) is 1. The zero-order valence-corrected chi connectivity index (χ0v) is 15.0. The molecule has 0 spiro atoms. The molecule has 1 heterocycles. The maximum absolute atomic E-state index is 11.6. The summed E-state index contributed by atoms with van der Waals surface area (Å²) in [5.41, 5.74) is 0. The number of hydrogen-bond donors (Lipinski definition) is 3. The minimum atomic E-state index is -0.204. The van der Waals surface area contributed by atoms with Gasteiger partial charge in [0.2, 0.25) is 0 Å². The Hall–Kier alpha value is -1.25. The van der Waals surface area contributed by atoms with Crippen LogP contribution in [0.3, 0.4) is 0 Å². The van der Waals surface area contributed by atoms with Crippen LogP contribution in [0, 0.1) is 0 Å². The number of hydrogen-bond acceptors (Lipinski definition) is 3. The Morgan fingerprint density at radius 1 is 1.24 bits per heavy atom. The number of unbranched alkanes of at least 4 members (excludes halogenated alkanes) is 1. The quantitative estimate of drug-likeness (QED) is 0.266. The average Bonchev–Trinajstić information content (AvgIpc) is 2.97. The Kier molecular flexibility index (Phi) is 11.7. The summed E-state index contributed by atoms with van der Waals surface area (Å²) < 4.78 is 5.01. The number of furan rings is 1. The van der Waals surface area contributed by atoms with Gasteiger partial charge < -0.3 is 20.4 Å². The molecule has 0 saturated heterocycles. The van der Waals surface area contributed by atoms with Crippen LogP contribution in [-0.2, 0) is 0 Å². The Balaban J connectivity index is 0.00000400. The maximum Gasteiger partial charge on any atom is 0.287 e. The lowest BCUT2D eigenvalue weighted by Gasteiger charge is -2.11. The van der Waals surface area contributed by atoms with Crippen LogP contribution in [-0.4, -0.2) is 38.0 Å². The van der Waals surface area contributed by atoms with Gasteiger partial charge in [-0.25, -0.2) is 0 Å². The molecular formula is C14H25IN4O2. The van der Waals surface area contributed by atoms with Crippen molar-refractivity contribution >= 4 is 35.8 Å². The van der Waals surface area contributed by atoms with Gasteiger partial charge in [0.05, 0.1) is 6.26 Å². The molecule has 0 aliphatic heterocycles. The van der Waals surface area contributed by atoms with Gasteiger partial charge >= 0.3 is 0 Å². The van der Waals surface area contributed by atoms with Crippen LogP contribution in [0.2, 0.25) is 0 Å². The number of guanidine groups is 1. The van der Waals surface area contributed by atoms with Crippen LogP contribution in [0.4, 0.5) is 0 Å². The summed E-state index contributed by atoms with van der Waals surface area (Å²) >= 11 is 0. The molecule has 120 valence electrons. The van der Waals surface area contributed by atoms with Crippen molar-refractivity contribution in [2.75, 3.05) is 26.2 Å². The number of carbonyl (C=O) groups excluding carboxylic acids is 1. The molecule has 6 nitrogen and oxygen atoms in total. The van der Waals surface area contributed by atoms with Crippen LogP contribution >= 0.6 is 24.0 Å². The molecule has 1 aromatic rings. The van der Waals surface area contributed by atoms with Crippen molar-refractivity contribution in [1.82, 2.24) is 16.0 Å². The molecule has 0 atom stereocenters. The summed E-state index contributed by atoms with van der Waals surface area (Å²) in [5, 5.41) is 9.11. The zero-order chi connectivity index (χ0) is 14.6. The molecule has 1 aromatic heterocycles. The van der Waals surface area contributed by atoms with E-state index in [1.54, 1.807) is 12.1 Å². The number of halogens is 1. The van der Waals surface area contributed by atoms with E-state index in [1.165, 1.54) is 6.26 Å². The molecule has 0 aliphatic rings. The molecule has 0 radical (unpaired) electrons. The summed E-state index contributed by atoms with van der Waals surface area (Å²) in [6.45, 7) is 6.92. The van der Waals surface area contributed by atoms with Gasteiger partial charge in [-0.1, -0.05) is 13.3 Å². The third kappa shape index (κ3) is 8.59. The second kappa shape index (κ2) is 12.5. The molecule has 0 aromatic carbocycles. The highest BCUT2D eigenvalue weighted by Crippen LogP contribution is 1.98. The monoisotopic (exact) mass is 408 g/mol. The number of amides is 1. The Bertz CT molecular complexity index is 407. The van der Waals surface area contributed by atoms with Crippen molar-refractivity contribution in [3.63, 3.8) is 0 Å².